The number of carbonyl (C=O) groups excluding carboxylic acids is 1. The summed E-state index contributed by atoms with van der Waals surface area (Å²) in [5.41, 5.74) is 4.38. The second kappa shape index (κ2) is 6.13. The van der Waals surface area contributed by atoms with Crippen molar-refractivity contribution in [1.29, 1.82) is 0 Å². The van der Waals surface area contributed by atoms with Gasteiger partial charge in [0.15, 0.2) is 0 Å². The third kappa shape index (κ3) is 4.45. The van der Waals surface area contributed by atoms with E-state index < -0.39 is 0 Å². The van der Waals surface area contributed by atoms with Crippen molar-refractivity contribution in [2.75, 3.05) is 0 Å². The topological polar surface area (TPSA) is 29.1 Å². The van der Waals surface area contributed by atoms with Crippen molar-refractivity contribution in [1.82, 2.24) is 5.32 Å². The minimum Gasteiger partial charge on any atom is -0.351 e. The largest absolute Gasteiger partial charge is 0.351 e. The van der Waals surface area contributed by atoms with Gasteiger partial charge in [0, 0.05) is 5.54 Å². The summed E-state index contributed by atoms with van der Waals surface area (Å²) < 4.78 is 0. The molecular weight excluding hydrogens is 258 g/mol. The van der Waals surface area contributed by atoms with Crippen molar-refractivity contribution in [2.24, 2.45) is 0 Å². The molecule has 0 atom stereocenters. The number of hydrogen-bond acceptors (Lipinski definition) is 1. The van der Waals surface area contributed by atoms with Crippen molar-refractivity contribution >= 4 is 5.91 Å². The van der Waals surface area contributed by atoms with Crippen LogP contribution in [0.5, 0.6) is 0 Å². The molecule has 110 valence electrons. The Bertz CT molecular complexity index is 621. The minimum atomic E-state index is -0.199. The third-order valence-corrected chi connectivity index (χ3v) is 3.25. The Balaban J connectivity index is 2.25. The molecule has 0 unspecified atom stereocenters. The van der Waals surface area contributed by atoms with E-state index in [4.69, 9.17) is 0 Å². The van der Waals surface area contributed by atoms with Gasteiger partial charge >= 0.3 is 0 Å². The number of hydrogen-bond donors (Lipinski definition) is 1. The molecular formula is C19H23NO. The molecule has 0 spiro atoms. The van der Waals surface area contributed by atoms with Gasteiger partial charge in [0.2, 0.25) is 5.91 Å². The van der Waals surface area contributed by atoms with Crippen molar-refractivity contribution in [2.45, 2.75) is 39.7 Å². The molecule has 2 rings (SSSR count). The van der Waals surface area contributed by atoms with Crippen LogP contribution in [0, 0.1) is 6.92 Å². The Morgan fingerprint density at radius 3 is 2.24 bits per heavy atom. The maximum absolute atomic E-state index is 12.2. The summed E-state index contributed by atoms with van der Waals surface area (Å²) in [6.45, 7) is 8.07. The molecule has 1 N–H and O–H groups in total. The Morgan fingerprint density at radius 1 is 1.00 bits per heavy atom. The lowest BCUT2D eigenvalue weighted by Gasteiger charge is -2.21. The molecule has 0 saturated carbocycles. The van der Waals surface area contributed by atoms with Gasteiger partial charge in [-0.05, 0) is 44.4 Å². The van der Waals surface area contributed by atoms with Crippen LogP contribution in [0.4, 0.5) is 0 Å². The van der Waals surface area contributed by atoms with E-state index in [1.165, 1.54) is 5.56 Å². The molecule has 0 aromatic heterocycles. The van der Waals surface area contributed by atoms with Crippen LogP contribution in [0.3, 0.4) is 0 Å². The lowest BCUT2D eigenvalue weighted by atomic mass is 9.96. The fourth-order valence-corrected chi connectivity index (χ4v) is 2.32. The van der Waals surface area contributed by atoms with Crippen LogP contribution >= 0.6 is 0 Å². The van der Waals surface area contributed by atoms with Crippen molar-refractivity contribution < 1.29 is 4.79 Å². The van der Waals surface area contributed by atoms with Crippen LogP contribution in [-0.2, 0) is 11.2 Å². The van der Waals surface area contributed by atoms with E-state index in [1.807, 2.05) is 39.0 Å². The number of benzene rings is 2. The summed E-state index contributed by atoms with van der Waals surface area (Å²) in [4.78, 5) is 12.2. The first-order valence-electron chi connectivity index (χ1n) is 7.31. The second-order valence-electron chi connectivity index (χ2n) is 6.50. The van der Waals surface area contributed by atoms with E-state index in [2.05, 4.69) is 42.6 Å². The average Bonchev–Trinajstić information content (AvgIpc) is 2.38. The van der Waals surface area contributed by atoms with Crippen molar-refractivity contribution in [3.63, 3.8) is 0 Å². The second-order valence-corrected chi connectivity index (χ2v) is 6.50. The fraction of sp³-hybridized carbons (Fsp3) is 0.316. The van der Waals surface area contributed by atoms with Gasteiger partial charge in [0.05, 0.1) is 6.42 Å². The highest BCUT2D eigenvalue weighted by Crippen LogP contribution is 2.24. The lowest BCUT2D eigenvalue weighted by molar-refractivity contribution is -0.121. The predicted octanol–water partition coefficient (Wildman–Crippen LogP) is 4.12. The molecule has 0 aliphatic rings. The predicted molar refractivity (Wildman–Crippen MR) is 88.2 cm³/mol. The summed E-state index contributed by atoms with van der Waals surface area (Å²) in [5.74, 6) is 0.0575. The lowest BCUT2D eigenvalue weighted by Crippen LogP contribution is -2.41. The van der Waals surface area contributed by atoms with Crippen LogP contribution < -0.4 is 5.32 Å². The van der Waals surface area contributed by atoms with Crippen LogP contribution in [-0.4, -0.2) is 11.4 Å². The average molecular weight is 281 g/mol. The molecule has 2 aromatic rings. The number of nitrogens with one attached hydrogen (secondary N) is 1. The monoisotopic (exact) mass is 281 g/mol. The zero-order valence-electron chi connectivity index (χ0n) is 13.2. The van der Waals surface area contributed by atoms with Crippen LogP contribution in [0.25, 0.3) is 11.1 Å². The van der Waals surface area contributed by atoms with Gasteiger partial charge in [-0.3, -0.25) is 4.79 Å². The van der Waals surface area contributed by atoms with Gasteiger partial charge in [-0.25, -0.2) is 0 Å². The standard InChI is InChI=1S/C19H23NO/c1-14-9-11-15(12-10-14)17-8-6-5-7-16(17)13-18(21)20-19(2,3)4/h5-12H,13H2,1-4H3,(H,20,21). The maximum Gasteiger partial charge on any atom is 0.224 e. The molecule has 2 heteroatoms. The van der Waals surface area contributed by atoms with E-state index in [9.17, 15) is 4.79 Å². The molecule has 21 heavy (non-hydrogen) atoms. The number of amides is 1. The Morgan fingerprint density at radius 2 is 1.62 bits per heavy atom. The number of carbonyl (C=O) groups is 1. The van der Waals surface area contributed by atoms with Gasteiger partial charge in [-0.15, -0.1) is 0 Å². The van der Waals surface area contributed by atoms with E-state index in [-0.39, 0.29) is 11.4 Å². The first kappa shape index (κ1) is 15.3. The molecule has 0 radical (unpaired) electrons. The first-order valence-corrected chi connectivity index (χ1v) is 7.31. The van der Waals surface area contributed by atoms with Crippen LogP contribution in [0.2, 0.25) is 0 Å². The van der Waals surface area contributed by atoms with Crippen LogP contribution in [0.15, 0.2) is 48.5 Å². The summed E-state index contributed by atoms with van der Waals surface area (Å²) >= 11 is 0. The summed E-state index contributed by atoms with van der Waals surface area (Å²) in [7, 11) is 0. The SMILES string of the molecule is Cc1ccc(-c2ccccc2CC(=O)NC(C)(C)C)cc1. The third-order valence-electron chi connectivity index (χ3n) is 3.25. The van der Waals surface area contributed by atoms with Gasteiger partial charge in [-0.1, -0.05) is 54.1 Å². The highest BCUT2D eigenvalue weighted by atomic mass is 16.1. The molecule has 0 bridgehead atoms. The zero-order chi connectivity index (χ0) is 15.5. The van der Waals surface area contributed by atoms with Gasteiger partial charge < -0.3 is 5.32 Å². The van der Waals surface area contributed by atoms with E-state index in [0.717, 1.165) is 16.7 Å². The number of rotatable bonds is 3. The molecule has 0 fully saturated rings. The van der Waals surface area contributed by atoms with E-state index >= 15 is 0 Å². The molecule has 2 nitrogen and oxygen atoms in total. The molecule has 2 aromatic carbocycles. The quantitative estimate of drug-likeness (QED) is 0.901. The van der Waals surface area contributed by atoms with E-state index in [1.54, 1.807) is 0 Å². The van der Waals surface area contributed by atoms with Crippen molar-refractivity contribution in [3.8, 4) is 11.1 Å². The molecule has 0 saturated heterocycles. The molecule has 1 amide bonds. The Hall–Kier alpha value is -2.09. The smallest absolute Gasteiger partial charge is 0.224 e. The summed E-state index contributed by atoms with van der Waals surface area (Å²) in [6, 6.07) is 16.5. The first-order chi connectivity index (χ1) is 9.85. The van der Waals surface area contributed by atoms with Gasteiger partial charge in [-0.2, -0.15) is 0 Å². The highest BCUT2D eigenvalue weighted by Gasteiger charge is 2.15. The fourth-order valence-electron chi connectivity index (χ4n) is 2.32. The summed E-state index contributed by atoms with van der Waals surface area (Å²) in [6.07, 6.45) is 0.404. The Labute approximate surface area is 127 Å². The van der Waals surface area contributed by atoms with Gasteiger partial charge in [0.1, 0.15) is 0 Å². The molecule has 0 heterocycles. The maximum atomic E-state index is 12.2. The minimum absolute atomic E-state index is 0.0575. The Kier molecular flexibility index (Phi) is 4.46. The van der Waals surface area contributed by atoms with Gasteiger partial charge in [0.25, 0.3) is 0 Å². The molecule has 0 aliphatic heterocycles. The molecule has 0 aliphatic carbocycles. The van der Waals surface area contributed by atoms with E-state index in [0.29, 0.717) is 6.42 Å². The normalized spacial score (nSPS) is 11.2. The zero-order valence-corrected chi connectivity index (χ0v) is 13.2. The van der Waals surface area contributed by atoms with Crippen LogP contribution in [0.1, 0.15) is 31.9 Å². The summed E-state index contributed by atoms with van der Waals surface area (Å²) in [5, 5.41) is 3.02. The van der Waals surface area contributed by atoms with Crippen molar-refractivity contribution in [3.05, 3.63) is 59.7 Å². The highest BCUT2D eigenvalue weighted by molar-refractivity contribution is 5.82. The number of aryl methyl sites for hydroxylation is 1.